The van der Waals surface area contributed by atoms with Crippen molar-refractivity contribution in [3.05, 3.63) is 0 Å². The number of unbranched alkanes of at least 4 members (excludes halogenated alkanes) is 1. The van der Waals surface area contributed by atoms with Gasteiger partial charge in [0.15, 0.2) is 0 Å². The van der Waals surface area contributed by atoms with Gasteiger partial charge in [0.05, 0.1) is 6.54 Å². The van der Waals surface area contributed by atoms with Gasteiger partial charge in [-0.2, -0.15) is 0 Å². The van der Waals surface area contributed by atoms with Crippen molar-refractivity contribution in [2.24, 2.45) is 5.92 Å². The summed E-state index contributed by atoms with van der Waals surface area (Å²) in [5, 5.41) is 6.25. The van der Waals surface area contributed by atoms with Gasteiger partial charge >= 0.3 is 0 Å². The molecule has 1 rings (SSSR count). The molecular weight excluding hydrogens is 200 g/mol. The van der Waals surface area contributed by atoms with Crippen molar-refractivity contribution < 1.29 is 4.79 Å². The third-order valence-corrected chi connectivity index (χ3v) is 3.20. The topological polar surface area (TPSA) is 41.1 Å². The Morgan fingerprint density at radius 2 is 2.12 bits per heavy atom. The lowest BCUT2D eigenvalue weighted by Crippen LogP contribution is -2.36. The molecule has 3 nitrogen and oxygen atoms in total. The maximum absolute atomic E-state index is 11.4. The first-order valence-electron chi connectivity index (χ1n) is 6.76. The molecule has 94 valence electrons. The maximum Gasteiger partial charge on any atom is 0.234 e. The molecule has 16 heavy (non-hydrogen) atoms. The second-order valence-corrected chi connectivity index (χ2v) is 4.89. The summed E-state index contributed by atoms with van der Waals surface area (Å²) in [4.78, 5) is 11.4. The smallest absolute Gasteiger partial charge is 0.234 e. The molecule has 0 bridgehead atoms. The van der Waals surface area contributed by atoms with Crippen molar-refractivity contribution in [2.45, 2.75) is 58.4 Å². The van der Waals surface area contributed by atoms with Crippen LogP contribution in [0.15, 0.2) is 0 Å². The lowest BCUT2D eigenvalue weighted by molar-refractivity contribution is -0.120. The minimum Gasteiger partial charge on any atom is -0.352 e. The van der Waals surface area contributed by atoms with Crippen LogP contribution in [-0.4, -0.2) is 25.0 Å². The monoisotopic (exact) mass is 226 g/mol. The molecule has 0 aromatic rings. The van der Waals surface area contributed by atoms with Crippen molar-refractivity contribution in [3.8, 4) is 0 Å². The first kappa shape index (κ1) is 13.5. The third kappa shape index (κ3) is 6.11. The van der Waals surface area contributed by atoms with Gasteiger partial charge in [-0.05, 0) is 31.7 Å². The summed E-state index contributed by atoms with van der Waals surface area (Å²) in [6.07, 6.45) is 7.38. The van der Waals surface area contributed by atoms with Gasteiger partial charge in [0.1, 0.15) is 0 Å². The van der Waals surface area contributed by atoms with E-state index in [1.54, 1.807) is 0 Å². The molecule has 1 aliphatic rings. The molecule has 0 aromatic carbocycles. The molecule has 0 aliphatic heterocycles. The Bertz CT molecular complexity index is 202. The van der Waals surface area contributed by atoms with Gasteiger partial charge in [-0.15, -0.1) is 0 Å². The van der Waals surface area contributed by atoms with Crippen LogP contribution in [0.2, 0.25) is 0 Å². The molecule has 2 N–H and O–H groups in total. The highest BCUT2D eigenvalue weighted by Gasteiger charge is 2.22. The quantitative estimate of drug-likeness (QED) is 0.632. The predicted molar refractivity (Wildman–Crippen MR) is 67.3 cm³/mol. The van der Waals surface area contributed by atoms with Gasteiger partial charge in [0.25, 0.3) is 0 Å². The minimum atomic E-state index is 0.160. The van der Waals surface area contributed by atoms with Gasteiger partial charge in [-0.25, -0.2) is 0 Å². The molecule has 1 fully saturated rings. The fourth-order valence-electron chi connectivity index (χ4n) is 1.84. The van der Waals surface area contributed by atoms with Crippen LogP contribution in [0.1, 0.15) is 52.4 Å². The lowest BCUT2D eigenvalue weighted by Gasteiger charge is -2.15. The maximum atomic E-state index is 11.4. The summed E-state index contributed by atoms with van der Waals surface area (Å²) in [6.45, 7) is 5.92. The number of carbonyl (C=O) groups excluding carboxylic acids is 1. The van der Waals surface area contributed by atoms with Crippen LogP contribution in [0.4, 0.5) is 0 Å². The summed E-state index contributed by atoms with van der Waals surface area (Å²) in [5.41, 5.74) is 0. The van der Waals surface area contributed by atoms with E-state index in [4.69, 9.17) is 0 Å². The molecule has 0 aromatic heterocycles. The highest BCUT2D eigenvalue weighted by molar-refractivity contribution is 5.78. The molecule has 0 spiro atoms. The molecule has 1 atom stereocenters. The average Bonchev–Trinajstić information content (AvgIpc) is 3.07. The number of rotatable bonds is 9. The van der Waals surface area contributed by atoms with Gasteiger partial charge in [-0.3, -0.25) is 4.79 Å². The van der Waals surface area contributed by atoms with Crippen LogP contribution in [0.5, 0.6) is 0 Å². The molecule has 0 radical (unpaired) electrons. The predicted octanol–water partition coefficient (Wildman–Crippen LogP) is 2.07. The van der Waals surface area contributed by atoms with E-state index in [-0.39, 0.29) is 5.91 Å². The lowest BCUT2D eigenvalue weighted by atomic mass is 9.99. The van der Waals surface area contributed by atoms with Crippen molar-refractivity contribution in [1.29, 1.82) is 0 Å². The highest BCUT2D eigenvalue weighted by atomic mass is 16.2. The van der Waals surface area contributed by atoms with Crippen molar-refractivity contribution >= 4 is 5.91 Å². The fraction of sp³-hybridized carbons (Fsp3) is 0.923. The summed E-state index contributed by atoms with van der Waals surface area (Å²) < 4.78 is 0. The average molecular weight is 226 g/mol. The Morgan fingerprint density at radius 1 is 1.38 bits per heavy atom. The van der Waals surface area contributed by atoms with Gasteiger partial charge < -0.3 is 10.6 Å². The van der Waals surface area contributed by atoms with E-state index in [0.717, 1.165) is 12.5 Å². The molecule has 1 saturated carbocycles. The van der Waals surface area contributed by atoms with Crippen LogP contribution < -0.4 is 10.6 Å². The number of carbonyl (C=O) groups is 1. The van der Waals surface area contributed by atoms with E-state index >= 15 is 0 Å². The van der Waals surface area contributed by atoms with E-state index in [1.165, 1.54) is 38.5 Å². The molecule has 1 aliphatic carbocycles. The SMILES string of the molecule is CCCCC(CC)CNCC(=O)NC1CC1. The molecular formula is C13H26N2O. The summed E-state index contributed by atoms with van der Waals surface area (Å²) >= 11 is 0. The fourth-order valence-corrected chi connectivity index (χ4v) is 1.84. The molecule has 1 amide bonds. The number of hydrogen-bond acceptors (Lipinski definition) is 2. The zero-order chi connectivity index (χ0) is 11.8. The summed E-state index contributed by atoms with van der Waals surface area (Å²) in [5.74, 6) is 0.890. The number of hydrogen-bond donors (Lipinski definition) is 2. The Morgan fingerprint density at radius 3 is 2.69 bits per heavy atom. The normalized spacial score (nSPS) is 17.1. The Kier molecular flexibility index (Phi) is 6.46. The zero-order valence-corrected chi connectivity index (χ0v) is 10.7. The third-order valence-electron chi connectivity index (χ3n) is 3.20. The second-order valence-electron chi connectivity index (χ2n) is 4.89. The molecule has 0 saturated heterocycles. The first-order valence-corrected chi connectivity index (χ1v) is 6.76. The largest absolute Gasteiger partial charge is 0.352 e. The van der Waals surface area contributed by atoms with E-state index < -0.39 is 0 Å². The van der Waals surface area contributed by atoms with Crippen molar-refractivity contribution in [2.75, 3.05) is 13.1 Å². The van der Waals surface area contributed by atoms with Crippen LogP contribution in [-0.2, 0) is 4.79 Å². The van der Waals surface area contributed by atoms with E-state index in [1.807, 2.05) is 0 Å². The van der Waals surface area contributed by atoms with Crippen LogP contribution in [0.3, 0.4) is 0 Å². The van der Waals surface area contributed by atoms with Gasteiger partial charge in [-0.1, -0.05) is 33.1 Å². The van der Waals surface area contributed by atoms with E-state index in [0.29, 0.717) is 12.6 Å². The summed E-state index contributed by atoms with van der Waals surface area (Å²) in [7, 11) is 0. The Balaban J connectivity index is 2.00. The Hall–Kier alpha value is -0.570. The summed E-state index contributed by atoms with van der Waals surface area (Å²) in [6, 6.07) is 0.483. The Labute approximate surface area is 99.4 Å². The minimum absolute atomic E-state index is 0.160. The molecule has 3 heteroatoms. The first-order chi connectivity index (χ1) is 7.76. The molecule has 0 heterocycles. The highest BCUT2D eigenvalue weighted by Crippen LogP contribution is 2.18. The van der Waals surface area contributed by atoms with E-state index in [9.17, 15) is 4.79 Å². The van der Waals surface area contributed by atoms with E-state index in [2.05, 4.69) is 24.5 Å². The van der Waals surface area contributed by atoms with Crippen LogP contribution >= 0.6 is 0 Å². The van der Waals surface area contributed by atoms with Crippen LogP contribution in [0, 0.1) is 5.92 Å². The number of amides is 1. The van der Waals surface area contributed by atoms with Crippen molar-refractivity contribution in [1.82, 2.24) is 10.6 Å². The standard InChI is InChI=1S/C13H26N2O/c1-3-5-6-11(4-2)9-14-10-13(16)15-12-7-8-12/h11-12,14H,3-10H2,1-2H3,(H,15,16). The molecule has 1 unspecified atom stereocenters. The zero-order valence-electron chi connectivity index (χ0n) is 10.7. The number of nitrogens with one attached hydrogen (secondary N) is 2. The van der Waals surface area contributed by atoms with Crippen LogP contribution in [0.25, 0.3) is 0 Å². The van der Waals surface area contributed by atoms with Gasteiger partial charge in [0.2, 0.25) is 5.91 Å². The second kappa shape index (κ2) is 7.66. The van der Waals surface area contributed by atoms with Gasteiger partial charge in [0, 0.05) is 6.04 Å². The van der Waals surface area contributed by atoms with Crippen molar-refractivity contribution in [3.63, 3.8) is 0 Å².